The van der Waals surface area contributed by atoms with Gasteiger partial charge < -0.3 is 0 Å². The van der Waals surface area contributed by atoms with Gasteiger partial charge in [-0.25, -0.2) is 0 Å². The molecular weight excluding hydrogens is 182 g/mol. The van der Waals surface area contributed by atoms with Crippen LogP contribution in [-0.4, -0.2) is 9.96 Å². The fraction of sp³-hybridized carbons (Fsp3) is 0.300. The molecule has 0 saturated carbocycles. The van der Waals surface area contributed by atoms with Crippen molar-refractivity contribution >= 4 is 10.8 Å². The number of rotatable bonds is 4. The monoisotopic (exact) mass is 193 g/mol. The Bertz CT molecular complexity index is 315. The molecule has 1 aromatic carbocycles. The zero-order valence-electron chi connectivity index (χ0n) is 7.27. The molecule has 0 aliphatic carbocycles. The molecule has 1 rings (SSSR count). The topological polar surface area (TPSA) is 40.9 Å². The summed E-state index contributed by atoms with van der Waals surface area (Å²) in [6, 6.07) is 11.4. The van der Waals surface area contributed by atoms with Gasteiger partial charge in [0.15, 0.2) is 0 Å². The molecule has 1 unspecified atom stereocenters. The van der Waals surface area contributed by atoms with Crippen molar-refractivity contribution in [2.24, 2.45) is 0 Å². The fourth-order valence-electron chi connectivity index (χ4n) is 0.972. The lowest BCUT2D eigenvalue weighted by Crippen LogP contribution is -1.97. The molecule has 0 spiro atoms. The summed E-state index contributed by atoms with van der Waals surface area (Å²) < 4.78 is 11.5. The van der Waals surface area contributed by atoms with Crippen molar-refractivity contribution in [3.05, 3.63) is 30.3 Å². The van der Waals surface area contributed by atoms with Gasteiger partial charge in [-0.15, -0.1) is 0 Å². The molecule has 0 N–H and O–H groups in total. The van der Waals surface area contributed by atoms with Crippen molar-refractivity contribution in [1.29, 1.82) is 5.26 Å². The molecule has 2 nitrogen and oxygen atoms in total. The van der Waals surface area contributed by atoms with Crippen LogP contribution < -0.4 is 0 Å². The van der Waals surface area contributed by atoms with Crippen molar-refractivity contribution in [3.63, 3.8) is 0 Å². The summed E-state index contributed by atoms with van der Waals surface area (Å²) >= 11 is 0. The number of unbranched alkanes of at least 4 members (excludes halogenated alkanes) is 1. The summed E-state index contributed by atoms with van der Waals surface area (Å²) in [6.45, 7) is 0. The highest BCUT2D eigenvalue weighted by molar-refractivity contribution is 7.85. The van der Waals surface area contributed by atoms with E-state index in [9.17, 15) is 4.21 Å². The molecule has 0 radical (unpaired) electrons. The largest absolute Gasteiger partial charge is 0.254 e. The SMILES string of the molecule is N#CCCCS(=O)c1ccccc1. The number of nitrogens with zero attached hydrogens (tertiary/aromatic N) is 1. The fourth-order valence-corrected chi connectivity index (χ4v) is 2.08. The summed E-state index contributed by atoms with van der Waals surface area (Å²) in [6.07, 6.45) is 1.19. The Morgan fingerprint density at radius 2 is 2.00 bits per heavy atom. The quantitative estimate of drug-likeness (QED) is 0.687. The van der Waals surface area contributed by atoms with Crippen LogP contribution in [0.15, 0.2) is 35.2 Å². The van der Waals surface area contributed by atoms with E-state index < -0.39 is 10.8 Å². The second kappa shape index (κ2) is 5.50. The highest BCUT2D eigenvalue weighted by Gasteiger charge is 2.01. The van der Waals surface area contributed by atoms with Gasteiger partial charge >= 0.3 is 0 Å². The third-order valence-corrected chi connectivity index (χ3v) is 3.08. The minimum Gasteiger partial charge on any atom is -0.254 e. The van der Waals surface area contributed by atoms with E-state index in [1.807, 2.05) is 36.4 Å². The molecule has 0 aliphatic heterocycles. The third-order valence-electron chi connectivity index (χ3n) is 1.62. The first-order chi connectivity index (χ1) is 6.34. The Hall–Kier alpha value is -1.14. The van der Waals surface area contributed by atoms with Crippen LogP contribution in [0, 0.1) is 11.3 Å². The number of nitriles is 1. The van der Waals surface area contributed by atoms with Crippen LogP contribution in [0.5, 0.6) is 0 Å². The Balaban J connectivity index is 2.46. The van der Waals surface area contributed by atoms with Crippen molar-refractivity contribution in [2.75, 3.05) is 5.75 Å². The van der Waals surface area contributed by atoms with Crippen LogP contribution in [0.3, 0.4) is 0 Å². The molecule has 0 aromatic heterocycles. The molecule has 0 fully saturated rings. The average Bonchev–Trinajstić information content (AvgIpc) is 2.19. The van der Waals surface area contributed by atoms with Gasteiger partial charge in [0.2, 0.25) is 0 Å². The maximum atomic E-state index is 11.5. The molecule has 1 atom stereocenters. The van der Waals surface area contributed by atoms with Gasteiger partial charge in [0.1, 0.15) is 0 Å². The molecule has 1 aromatic rings. The van der Waals surface area contributed by atoms with Gasteiger partial charge in [-0.2, -0.15) is 5.26 Å². The zero-order chi connectivity index (χ0) is 9.52. The highest BCUT2D eigenvalue weighted by Crippen LogP contribution is 2.06. The van der Waals surface area contributed by atoms with Crippen LogP contribution in [-0.2, 0) is 10.8 Å². The molecule has 0 amide bonds. The van der Waals surface area contributed by atoms with Crippen LogP contribution in [0.1, 0.15) is 12.8 Å². The molecule has 3 heteroatoms. The van der Waals surface area contributed by atoms with Gasteiger partial charge in [-0.05, 0) is 18.6 Å². The van der Waals surface area contributed by atoms with Gasteiger partial charge in [-0.3, -0.25) is 4.21 Å². The first-order valence-corrected chi connectivity index (χ1v) is 5.47. The summed E-state index contributed by atoms with van der Waals surface area (Å²) in [5.74, 6) is 0.581. The van der Waals surface area contributed by atoms with Crippen molar-refractivity contribution in [1.82, 2.24) is 0 Å². The van der Waals surface area contributed by atoms with Crippen LogP contribution in [0.2, 0.25) is 0 Å². The first kappa shape index (κ1) is 9.94. The minimum atomic E-state index is -0.936. The van der Waals surface area contributed by atoms with Crippen LogP contribution in [0.4, 0.5) is 0 Å². The lowest BCUT2D eigenvalue weighted by Gasteiger charge is -1.98. The van der Waals surface area contributed by atoms with E-state index >= 15 is 0 Å². The van der Waals surface area contributed by atoms with E-state index in [0.717, 1.165) is 4.90 Å². The Kier molecular flexibility index (Phi) is 4.20. The van der Waals surface area contributed by atoms with E-state index in [0.29, 0.717) is 18.6 Å². The van der Waals surface area contributed by atoms with E-state index in [1.54, 1.807) is 0 Å². The minimum absolute atomic E-state index is 0.485. The van der Waals surface area contributed by atoms with Crippen molar-refractivity contribution in [2.45, 2.75) is 17.7 Å². The Morgan fingerprint density at radius 1 is 1.31 bits per heavy atom. The molecule has 68 valence electrons. The third kappa shape index (κ3) is 3.39. The summed E-state index contributed by atoms with van der Waals surface area (Å²) in [4.78, 5) is 0.848. The molecular formula is C10H11NOS. The van der Waals surface area contributed by atoms with E-state index in [1.165, 1.54) is 0 Å². The van der Waals surface area contributed by atoms with Gasteiger partial charge in [0.05, 0.1) is 16.9 Å². The van der Waals surface area contributed by atoms with Crippen LogP contribution in [0.25, 0.3) is 0 Å². The smallest absolute Gasteiger partial charge is 0.0622 e. The standard InChI is InChI=1S/C10H11NOS/c11-8-4-5-9-13(12)10-6-2-1-3-7-10/h1-3,6-7H,4-5,9H2. The summed E-state index contributed by atoms with van der Waals surface area (Å²) in [7, 11) is -0.936. The first-order valence-electron chi connectivity index (χ1n) is 4.15. The maximum absolute atomic E-state index is 11.5. The second-order valence-corrected chi connectivity index (χ2v) is 4.20. The molecule has 0 saturated heterocycles. The van der Waals surface area contributed by atoms with E-state index in [2.05, 4.69) is 0 Å². The average molecular weight is 193 g/mol. The number of benzene rings is 1. The second-order valence-electron chi connectivity index (χ2n) is 2.62. The normalized spacial score (nSPS) is 11.9. The molecule has 13 heavy (non-hydrogen) atoms. The maximum Gasteiger partial charge on any atom is 0.0622 e. The Labute approximate surface area is 80.7 Å². The number of hydrogen-bond donors (Lipinski definition) is 0. The molecule has 0 aliphatic rings. The zero-order valence-corrected chi connectivity index (χ0v) is 8.09. The van der Waals surface area contributed by atoms with Gasteiger partial charge in [-0.1, -0.05) is 18.2 Å². The lowest BCUT2D eigenvalue weighted by molar-refractivity contribution is 0.681. The predicted octanol–water partition coefficient (Wildman–Crippen LogP) is 2.10. The van der Waals surface area contributed by atoms with Crippen LogP contribution >= 0.6 is 0 Å². The van der Waals surface area contributed by atoms with Crippen molar-refractivity contribution in [3.8, 4) is 6.07 Å². The highest BCUT2D eigenvalue weighted by atomic mass is 32.2. The molecule has 0 heterocycles. The van der Waals surface area contributed by atoms with Gasteiger partial charge in [0.25, 0.3) is 0 Å². The predicted molar refractivity (Wildman–Crippen MR) is 52.6 cm³/mol. The summed E-state index contributed by atoms with van der Waals surface area (Å²) in [5, 5.41) is 8.30. The van der Waals surface area contributed by atoms with Gasteiger partial charge in [0, 0.05) is 17.1 Å². The summed E-state index contributed by atoms with van der Waals surface area (Å²) in [5.41, 5.74) is 0. The van der Waals surface area contributed by atoms with E-state index in [4.69, 9.17) is 5.26 Å². The lowest BCUT2D eigenvalue weighted by atomic mass is 10.4. The van der Waals surface area contributed by atoms with E-state index in [-0.39, 0.29) is 0 Å². The van der Waals surface area contributed by atoms with Crippen molar-refractivity contribution < 1.29 is 4.21 Å². The Morgan fingerprint density at radius 3 is 2.62 bits per heavy atom. The number of hydrogen-bond acceptors (Lipinski definition) is 2. The molecule has 0 bridgehead atoms.